The molecule has 0 amide bonds. The largest absolute Gasteiger partial charge is 0.396 e. The van der Waals surface area contributed by atoms with Gasteiger partial charge in [-0.25, -0.2) is 0 Å². The van der Waals surface area contributed by atoms with E-state index >= 15 is 0 Å². The van der Waals surface area contributed by atoms with Gasteiger partial charge in [0.2, 0.25) is 0 Å². The van der Waals surface area contributed by atoms with E-state index in [1.165, 1.54) is 32.1 Å². The highest BCUT2D eigenvalue weighted by molar-refractivity contribution is 4.85. The molecule has 3 nitrogen and oxygen atoms in total. The van der Waals surface area contributed by atoms with Crippen LogP contribution in [0.5, 0.6) is 0 Å². The third kappa shape index (κ3) is 7.43. The number of hydrogen-bond acceptors (Lipinski definition) is 3. The molecule has 0 bridgehead atoms. The first-order valence-corrected chi connectivity index (χ1v) is 9.24. The van der Waals surface area contributed by atoms with E-state index in [0.717, 1.165) is 18.8 Å². The summed E-state index contributed by atoms with van der Waals surface area (Å²) in [6.07, 6.45) is 8.34. The molecule has 1 rings (SSSR count). The third-order valence-corrected chi connectivity index (χ3v) is 5.02. The second-order valence-corrected chi connectivity index (χ2v) is 8.61. The Morgan fingerprint density at radius 3 is 2.59 bits per heavy atom. The van der Waals surface area contributed by atoms with Crippen molar-refractivity contribution in [1.82, 2.24) is 5.32 Å². The molecule has 132 valence electrons. The van der Waals surface area contributed by atoms with Crippen LogP contribution in [0.1, 0.15) is 86.5 Å². The Kier molecular flexibility index (Phi) is 7.84. The van der Waals surface area contributed by atoms with Gasteiger partial charge in [-0.05, 0) is 57.3 Å². The summed E-state index contributed by atoms with van der Waals surface area (Å²) >= 11 is 0. The van der Waals surface area contributed by atoms with Gasteiger partial charge in [0, 0.05) is 12.6 Å². The first-order valence-electron chi connectivity index (χ1n) is 9.24. The molecule has 0 aromatic rings. The number of aliphatic hydroxyl groups excluding tert-OH is 1. The van der Waals surface area contributed by atoms with Gasteiger partial charge in [-0.3, -0.25) is 5.32 Å². The second kappa shape index (κ2) is 8.65. The molecule has 3 atom stereocenters. The van der Waals surface area contributed by atoms with E-state index in [4.69, 9.17) is 9.84 Å². The molecule has 1 fully saturated rings. The second-order valence-electron chi connectivity index (χ2n) is 8.61. The quantitative estimate of drug-likeness (QED) is 0.659. The maximum atomic E-state index is 9.16. The fourth-order valence-electron chi connectivity index (χ4n) is 3.89. The molecule has 0 aliphatic carbocycles. The lowest BCUT2D eigenvalue weighted by molar-refractivity contribution is -0.140. The Morgan fingerprint density at radius 2 is 2.00 bits per heavy atom. The van der Waals surface area contributed by atoms with Crippen LogP contribution in [-0.4, -0.2) is 29.6 Å². The van der Waals surface area contributed by atoms with Crippen molar-refractivity contribution in [3.8, 4) is 0 Å². The average Bonchev–Trinajstić information content (AvgIpc) is 2.36. The number of ether oxygens (including phenoxy) is 1. The van der Waals surface area contributed by atoms with Gasteiger partial charge in [0.05, 0.1) is 6.10 Å². The van der Waals surface area contributed by atoms with E-state index in [9.17, 15) is 0 Å². The molecule has 3 unspecified atom stereocenters. The molecular weight excluding hydrogens is 274 g/mol. The third-order valence-electron chi connectivity index (χ3n) is 5.02. The highest BCUT2D eigenvalue weighted by Gasteiger charge is 2.33. The molecule has 0 radical (unpaired) electrons. The summed E-state index contributed by atoms with van der Waals surface area (Å²) in [5.74, 6) is 0.823. The molecule has 1 heterocycles. The van der Waals surface area contributed by atoms with E-state index < -0.39 is 0 Å². The summed E-state index contributed by atoms with van der Waals surface area (Å²) in [7, 11) is 0. The van der Waals surface area contributed by atoms with E-state index in [-0.39, 0.29) is 18.4 Å². The Morgan fingerprint density at radius 1 is 1.32 bits per heavy atom. The predicted octanol–water partition coefficient (Wildman–Crippen LogP) is 4.48. The van der Waals surface area contributed by atoms with Gasteiger partial charge in [0.25, 0.3) is 0 Å². The van der Waals surface area contributed by atoms with Gasteiger partial charge in [-0.15, -0.1) is 0 Å². The minimum Gasteiger partial charge on any atom is -0.396 e. The van der Waals surface area contributed by atoms with Crippen molar-refractivity contribution in [2.24, 2.45) is 11.3 Å². The average molecular weight is 314 g/mol. The van der Waals surface area contributed by atoms with Crippen LogP contribution >= 0.6 is 0 Å². The van der Waals surface area contributed by atoms with E-state index in [1.54, 1.807) is 0 Å². The zero-order valence-corrected chi connectivity index (χ0v) is 15.7. The van der Waals surface area contributed by atoms with Gasteiger partial charge >= 0.3 is 0 Å². The molecule has 0 saturated carbocycles. The van der Waals surface area contributed by atoms with E-state index in [1.807, 2.05) is 0 Å². The molecule has 0 spiro atoms. The zero-order chi connectivity index (χ0) is 16.8. The minimum absolute atomic E-state index is 0.194. The van der Waals surface area contributed by atoms with Crippen LogP contribution in [0.3, 0.4) is 0 Å². The molecule has 2 N–H and O–H groups in total. The van der Waals surface area contributed by atoms with Crippen molar-refractivity contribution < 1.29 is 9.84 Å². The maximum absolute atomic E-state index is 9.16. The van der Waals surface area contributed by atoms with Gasteiger partial charge in [0.15, 0.2) is 0 Å². The Bertz CT molecular complexity index is 315. The van der Waals surface area contributed by atoms with Crippen molar-refractivity contribution >= 4 is 0 Å². The molecule has 1 aliphatic rings. The first kappa shape index (κ1) is 19.9. The van der Waals surface area contributed by atoms with Gasteiger partial charge in [-0.2, -0.15) is 0 Å². The highest BCUT2D eigenvalue weighted by Crippen LogP contribution is 2.33. The normalized spacial score (nSPS) is 26.9. The maximum Gasteiger partial charge on any atom is 0.114 e. The summed E-state index contributed by atoms with van der Waals surface area (Å²) in [5, 5.41) is 12.8. The van der Waals surface area contributed by atoms with Gasteiger partial charge in [0.1, 0.15) is 5.72 Å². The molecule has 0 aromatic carbocycles. The summed E-state index contributed by atoms with van der Waals surface area (Å²) < 4.78 is 5.99. The van der Waals surface area contributed by atoms with Gasteiger partial charge < -0.3 is 9.84 Å². The molecule has 1 saturated heterocycles. The topological polar surface area (TPSA) is 41.5 Å². The summed E-state index contributed by atoms with van der Waals surface area (Å²) in [4.78, 5) is 0. The number of rotatable bonds is 9. The standard InChI is InChI=1S/C19H39NO2/c1-7-15(2)14-18(3,4)11-8-9-16-13-17(10-12-21)22-19(5,6)20-16/h15-17,20-21H,7-14H2,1-6H3. The summed E-state index contributed by atoms with van der Waals surface area (Å²) in [6.45, 7) is 13.9. The van der Waals surface area contributed by atoms with Crippen LogP contribution in [0.4, 0.5) is 0 Å². The number of aliphatic hydroxyl groups is 1. The summed E-state index contributed by atoms with van der Waals surface area (Å²) in [6, 6.07) is 0.514. The van der Waals surface area contributed by atoms with Gasteiger partial charge in [-0.1, -0.05) is 40.5 Å². The van der Waals surface area contributed by atoms with Crippen LogP contribution in [0.15, 0.2) is 0 Å². The van der Waals surface area contributed by atoms with Crippen LogP contribution in [0, 0.1) is 11.3 Å². The molecular formula is C19H39NO2. The van der Waals surface area contributed by atoms with Crippen LogP contribution in [-0.2, 0) is 4.74 Å². The van der Waals surface area contributed by atoms with Crippen LogP contribution in [0.2, 0.25) is 0 Å². The van der Waals surface area contributed by atoms with Crippen molar-refractivity contribution in [1.29, 1.82) is 0 Å². The molecule has 3 heteroatoms. The lowest BCUT2D eigenvalue weighted by atomic mass is 9.78. The first-order chi connectivity index (χ1) is 10.2. The lowest BCUT2D eigenvalue weighted by Gasteiger charge is -2.42. The van der Waals surface area contributed by atoms with E-state index in [0.29, 0.717) is 11.5 Å². The fourth-order valence-corrected chi connectivity index (χ4v) is 3.89. The molecule has 0 aromatic heterocycles. The van der Waals surface area contributed by atoms with Crippen molar-refractivity contribution in [2.75, 3.05) is 6.61 Å². The van der Waals surface area contributed by atoms with Crippen molar-refractivity contribution in [3.05, 3.63) is 0 Å². The number of nitrogens with one attached hydrogen (secondary N) is 1. The van der Waals surface area contributed by atoms with Crippen LogP contribution in [0.25, 0.3) is 0 Å². The smallest absolute Gasteiger partial charge is 0.114 e. The van der Waals surface area contributed by atoms with Crippen molar-refractivity contribution in [3.63, 3.8) is 0 Å². The fraction of sp³-hybridized carbons (Fsp3) is 1.00. The Hall–Kier alpha value is -0.120. The Labute approximate surface area is 138 Å². The van der Waals surface area contributed by atoms with E-state index in [2.05, 4.69) is 46.9 Å². The minimum atomic E-state index is -0.269. The predicted molar refractivity (Wildman–Crippen MR) is 93.9 cm³/mol. The monoisotopic (exact) mass is 313 g/mol. The SMILES string of the molecule is CCC(C)CC(C)(C)CCCC1CC(CCO)OC(C)(C)N1. The summed E-state index contributed by atoms with van der Waals surface area (Å²) in [5.41, 5.74) is 0.176. The van der Waals surface area contributed by atoms with Crippen LogP contribution < -0.4 is 5.32 Å². The lowest BCUT2D eigenvalue weighted by Crippen LogP contribution is -2.55. The van der Waals surface area contributed by atoms with Crippen molar-refractivity contribution in [2.45, 2.75) is 104 Å². The number of hydrogen-bond donors (Lipinski definition) is 2. The molecule has 22 heavy (non-hydrogen) atoms. The Balaban J connectivity index is 2.39. The highest BCUT2D eigenvalue weighted by atomic mass is 16.5. The zero-order valence-electron chi connectivity index (χ0n) is 15.7. The molecule has 1 aliphatic heterocycles.